The molecule has 0 aliphatic carbocycles. The zero-order valence-corrected chi connectivity index (χ0v) is 28.6. The van der Waals surface area contributed by atoms with Crippen molar-refractivity contribution in [3.8, 4) is 11.3 Å². The van der Waals surface area contributed by atoms with E-state index in [-0.39, 0.29) is 0 Å². The fourth-order valence-electron chi connectivity index (χ4n) is 8.51. The minimum absolute atomic E-state index is 0.744. The van der Waals surface area contributed by atoms with E-state index in [1.807, 2.05) is 48.9 Å². The van der Waals surface area contributed by atoms with E-state index >= 15 is 0 Å². The van der Waals surface area contributed by atoms with E-state index < -0.39 is 0 Å². The molecule has 0 aliphatic heterocycles. The summed E-state index contributed by atoms with van der Waals surface area (Å²) in [6.07, 6.45) is 9.24. The first-order valence-electron chi connectivity index (χ1n) is 17.9. The first-order chi connectivity index (χ1) is 26.8. The molecule has 0 bridgehead atoms. The number of aromatic nitrogens is 8. The lowest BCUT2D eigenvalue weighted by Gasteiger charge is -2.15. The van der Waals surface area contributed by atoms with Crippen LogP contribution in [0.5, 0.6) is 0 Å². The smallest absolute Gasteiger partial charge is 0.165 e. The third-order valence-corrected chi connectivity index (χ3v) is 10.7. The number of pyridine rings is 2. The summed E-state index contributed by atoms with van der Waals surface area (Å²) in [6, 6.07) is 44.1. The lowest BCUT2D eigenvalue weighted by Crippen LogP contribution is -2.25. The monoisotopic (exact) mass is 690 g/mol. The van der Waals surface area contributed by atoms with Crippen molar-refractivity contribution in [2.24, 2.45) is 0 Å². The van der Waals surface area contributed by atoms with Gasteiger partial charge in [-0.3, -0.25) is 23.8 Å². The second-order valence-electron chi connectivity index (χ2n) is 13.5. The van der Waals surface area contributed by atoms with Crippen LogP contribution in [0.25, 0.3) is 93.5 Å². The number of para-hydroxylation sites is 4. The van der Waals surface area contributed by atoms with Gasteiger partial charge in [-0.15, -0.1) is 0 Å². The van der Waals surface area contributed by atoms with Crippen LogP contribution in [0.3, 0.4) is 0 Å². The van der Waals surface area contributed by atoms with E-state index in [1.165, 1.54) is 0 Å². The van der Waals surface area contributed by atoms with Gasteiger partial charge in [-0.05, 0) is 35.4 Å². The molecular weight excluding hydrogens is 665 g/mol. The third-order valence-electron chi connectivity index (χ3n) is 10.7. The maximum atomic E-state index is 5.37. The molecule has 5 aromatic carbocycles. The molecule has 12 aromatic rings. The number of hydrogen-bond donors (Lipinski definition) is 0. The maximum Gasteiger partial charge on any atom is 0.165 e. The van der Waals surface area contributed by atoms with Gasteiger partial charge in [0, 0.05) is 68.2 Å². The second kappa shape index (κ2) is 11.0. The van der Waals surface area contributed by atoms with Crippen molar-refractivity contribution in [3.63, 3.8) is 0 Å². The lowest BCUT2D eigenvalue weighted by atomic mass is 9.93. The molecule has 0 radical (unpaired) electrons. The number of hydrogen-bond acceptors (Lipinski definition) is 6. The Morgan fingerprint density at radius 2 is 0.944 bits per heavy atom. The summed E-state index contributed by atoms with van der Waals surface area (Å²) in [6.45, 7) is 0. The van der Waals surface area contributed by atoms with Gasteiger partial charge in [-0.25, -0.2) is 15.0 Å². The van der Waals surface area contributed by atoms with Crippen molar-refractivity contribution in [1.82, 2.24) is 38.7 Å². The van der Waals surface area contributed by atoms with Crippen molar-refractivity contribution in [2.45, 2.75) is 0 Å². The average molecular weight is 691 g/mol. The van der Waals surface area contributed by atoms with Crippen LogP contribution in [0.2, 0.25) is 0 Å². The molecule has 0 unspecified atom stereocenters. The van der Waals surface area contributed by atoms with E-state index in [1.54, 1.807) is 12.4 Å². The maximum absolute atomic E-state index is 5.37. The molecule has 0 fully saturated rings. The molecule has 0 N–H and O–H groups in total. The van der Waals surface area contributed by atoms with Crippen LogP contribution in [0.4, 0.5) is 0 Å². The van der Waals surface area contributed by atoms with Crippen LogP contribution < -0.4 is 5.48 Å². The molecule has 0 spiro atoms. The fraction of sp³-hybridized carbons (Fsp3) is 0. The number of nitrogens with zero attached hydrogens (tertiary/aromatic N) is 8. The Hall–Kier alpha value is -7.58. The summed E-state index contributed by atoms with van der Waals surface area (Å²) in [5.41, 5.74) is 12.7. The van der Waals surface area contributed by atoms with Gasteiger partial charge in [0.2, 0.25) is 0 Å². The first kappa shape index (κ1) is 29.0. The molecule has 12 rings (SSSR count). The largest absolute Gasteiger partial charge is 0.276 e. The normalized spacial score (nSPS) is 12.1. The summed E-state index contributed by atoms with van der Waals surface area (Å²) in [4.78, 5) is 30.4. The quantitative estimate of drug-likeness (QED) is 0.184. The van der Waals surface area contributed by atoms with Gasteiger partial charge in [0.15, 0.2) is 11.3 Å². The molecule has 7 heterocycles. The molecular formula is C46H26N8. The fourth-order valence-corrected chi connectivity index (χ4v) is 8.51. The predicted molar refractivity (Wildman–Crippen MR) is 215 cm³/mol. The Morgan fingerprint density at radius 1 is 0.407 bits per heavy atom. The van der Waals surface area contributed by atoms with E-state index in [0.717, 1.165) is 110 Å². The molecule has 7 aromatic heterocycles. The topological polar surface area (TPSA) is 86.2 Å². The van der Waals surface area contributed by atoms with Gasteiger partial charge in [0.25, 0.3) is 0 Å². The SMILES string of the molecule is c1ccc(-c2cnc3c(n2)c2cccc4c5cccc6c7nccnc7n(c(=C(c7ccnc8ccccc78)c7ccnc8ccccc78)n3c42)c56)cc1. The summed E-state index contributed by atoms with van der Waals surface area (Å²) >= 11 is 0. The van der Waals surface area contributed by atoms with Crippen LogP contribution >= 0.6 is 0 Å². The van der Waals surface area contributed by atoms with Crippen molar-refractivity contribution in [2.75, 3.05) is 0 Å². The van der Waals surface area contributed by atoms with E-state index in [0.29, 0.717) is 0 Å². The second-order valence-corrected chi connectivity index (χ2v) is 13.5. The molecule has 0 saturated carbocycles. The highest BCUT2D eigenvalue weighted by Crippen LogP contribution is 2.38. The number of fused-ring (bicyclic) bond motifs is 9. The molecule has 54 heavy (non-hydrogen) atoms. The van der Waals surface area contributed by atoms with E-state index in [2.05, 4.69) is 106 Å². The summed E-state index contributed by atoms with van der Waals surface area (Å²) in [5.74, 6) is 0. The third kappa shape index (κ3) is 3.91. The van der Waals surface area contributed by atoms with Gasteiger partial charge < -0.3 is 0 Å². The first-order valence-corrected chi connectivity index (χ1v) is 17.9. The van der Waals surface area contributed by atoms with Crippen LogP contribution in [0.1, 0.15) is 11.1 Å². The highest BCUT2D eigenvalue weighted by molar-refractivity contribution is 6.22. The van der Waals surface area contributed by atoms with Gasteiger partial charge in [0.1, 0.15) is 16.5 Å². The minimum atomic E-state index is 0.744. The van der Waals surface area contributed by atoms with Crippen molar-refractivity contribution in [1.29, 1.82) is 0 Å². The molecule has 0 saturated heterocycles. The van der Waals surface area contributed by atoms with Crippen molar-refractivity contribution in [3.05, 3.63) is 175 Å². The van der Waals surface area contributed by atoms with Gasteiger partial charge >= 0.3 is 0 Å². The highest BCUT2D eigenvalue weighted by Gasteiger charge is 2.25. The van der Waals surface area contributed by atoms with Crippen LogP contribution in [-0.4, -0.2) is 38.7 Å². The Morgan fingerprint density at radius 3 is 1.61 bits per heavy atom. The summed E-state index contributed by atoms with van der Waals surface area (Å²) in [7, 11) is 0. The Kier molecular flexibility index (Phi) is 5.90. The van der Waals surface area contributed by atoms with Gasteiger partial charge in [0.05, 0.1) is 34.0 Å². The van der Waals surface area contributed by atoms with Crippen LogP contribution in [-0.2, 0) is 0 Å². The zero-order chi connectivity index (χ0) is 35.3. The van der Waals surface area contributed by atoms with E-state index in [4.69, 9.17) is 29.9 Å². The molecule has 8 nitrogen and oxygen atoms in total. The van der Waals surface area contributed by atoms with Crippen molar-refractivity contribution < 1.29 is 0 Å². The minimum Gasteiger partial charge on any atom is -0.276 e. The zero-order valence-electron chi connectivity index (χ0n) is 28.6. The Labute approximate surface area is 306 Å². The molecule has 8 heteroatoms. The predicted octanol–water partition coefficient (Wildman–Crippen LogP) is 9.11. The number of benzene rings is 5. The lowest BCUT2D eigenvalue weighted by molar-refractivity contribution is 0.998. The Bertz CT molecular complexity index is 3480. The summed E-state index contributed by atoms with van der Waals surface area (Å²) < 4.78 is 4.62. The standard InChI is InChI=1S/C46H26N8/c1-2-10-27(11-3-1)38-26-51-45-41(52-38)35-17-9-15-33-32-14-8-16-34-40-44(50-25-24-49-40)53(42(32)34)46(54(45)43(33)35)39(30-20-22-47-36-18-6-4-12-28(30)36)31-21-23-48-37-19-7-5-13-29(31)37/h1-26H. The van der Waals surface area contributed by atoms with E-state index in [9.17, 15) is 0 Å². The molecule has 0 amide bonds. The van der Waals surface area contributed by atoms with Crippen LogP contribution in [0, 0.1) is 0 Å². The molecule has 250 valence electrons. The van der Waals surface area contributed by atoms with Crippen molar-refractivity contribution >= 4 is 82.3 Å². The summed E-state index contributed by atoms with van der Waals surface area (Å²) in [5, 5.41) is 6.25. The van der Waals surface area contributed by atoms with Gasteiger partial charge in [-0.2, -0.15) is 0 Å². The van der Waals surface area contributed by atoms with Crippen LogP contribution in [0.15, 0.2) is 158 Å². The Balaban J connectivity index is 1.48. The highest BCUT2D eigenvalue weighted by atomic mass is 15.1. The molecule has 0 atom stereocenters. The molecule has 0 aliphatic rings. The van der Waals surface area contributed by atoms with Gasteiger partial charge in [-0.1, -0.05) is 103 Å². The average Bonchev–Trinajstić information content (AvgIpc) is 3.71. The number of rotatable bonds is 3.